The number of nitrogens with one attached hydrogen (secondary N) is 1. The average Bonchev–Trinajstić information content (AvgIpc) is 2.24. The monoisotopic (exact) mass is 224 g/mol. The van der Waals surface area contributed by atoms with E-state index in [-0.39, 0.29) is 18.7 Å². The van der Waals surface area contributed by atoms with E-state index >= 15 is 0 Å². The fourth-order valence-electron chi connectivity index (χ4n) is 1.25. The standard InChI is InChI=1S/C10H12N2O4/c1-2-12(6-9(14)15)10(16)7-3-4-11-8(13)5-7/h3-5H,2,6H2,1H3,(H,11,13)(H,14,15). The third kappa shape index (κ3) is 2.94. The van der Waals surface area contributed by atoms with Crippen LogP contribution in [0, 0.1) is 0 Å². The molecule has 6 heteroatoms. The van der Waals surface area contributed by atoms with Crippen molar-refractivity contribution in [1.29, 1.82) is 0 Å². The number of H-pyrrole nitrogens is 1. The van der Waals surface area contributed by atoms with Crippen LogP contribution in [0.1, 0.15) is 17.3 Å². The molecule has 1 heterocycles. The van der Waals surface area contributed by atoms with E-state index in [1.54, 1.807) is 6.92 Å². The summed E-state index contributed by atoms with van der Waals surface area (Å²) in [6, 6.07) is 2.58. The minimum Gasteiger partial charge on any atom is -0.480 e. The normalized spacial score (nSPS) is 9.81. The Morgan fingerprint density at radius 3 is 2.69 bits per heavy atom. The highest BCUT2D eigenvalue weighted by Gasteiger charge is 2.16. The molecule has 0 spiro atoms. The molecule has 0 bridgehead atoms. The first-order valence-corrected chi connectivity index (χ1v) is 4.74. The number of aliphatic carboxylic acids is 1. The van der Waals surface area contributed by atoms with Gasteiger partial charge in [-0.1, -0.05) is 0 Å². The molecule has 0 aliphatic rings. The van der Waals surface area contributed by atoms with Gasteiger partial charge < -0.3 is 15.0 Å². The SMILES string of the molecule is CCN(CC(=O)O)C(=O)c1cc[nH]c(=O)c1. The van der Waals surface area contributed by atoms with Crippen molar-refractivity contribution in [2.45, 2.75) is 6.92 Å². The van der Waals surface area contributed by atoms with Crippen LogP contribution in [0.2, 0.25) is 0 Å². The summed E-state index contributed by atoms with van der Waals surface area (Å²) in [4.78, 5) is 36.8. The summed E-state index contributed by atoms with van der Waals surface area (Å²) in [5.41, 5.74) is -0.205. The minimum absolute atomic E-state index is 0.187. The second kappa shape index (κ2) is 5.11. The average molecular weight is 224 g/mol. The molecule has 0 unspecified atom stereocenters. The van der Waals surface area contributed by atoms with E-state index in [1.807, 2.05) is 0 Å². The highest BCUT2D eigenvalue weighted by Crippen LogP contribution is 2.01. The maximum absolute atomic E-state index is 11.8. The Bertz CT molecular complexity index is 452. The third-order valence-corrected chi connectivity index (χ3v) is 2.02. The quantitative estimate of drug-likeness (QED) is 0.748. The van der Waals surface area contributed by atoms with Crippen LogP contribution in [0.4, 0.5) is 0 Å². The zero-order chi connectivity index (χ0) is 12.1. The van der Waals surface area contributed by atoms with E-state index < -0.39 is 17.4 Å². The van der Waals surface area contributed by atoms with Crippen molar-refractivity contribution in [3.63, 3.8) is 0 Å². The van der Waals surface area contributed by atoms with Gasteiger partial charge in [-0.3, -0.25) is 14.4 Å². The van der Waals surface area contributed by atoms with Gasteiger partial charge in [-0.05, 0) is 13.0 Å². The number of carbonyl (C=O) groups excluding carboxylic acids is 1. The van der Waals surface area contributed by atoms with Crippen LogP contribution in [-0.2, 0) is 4.79 Å². The molecule has 0 atom stereocenters. The van der Waals surface area contributed by atoms with Crippen LogP contribution in [0.25, 0.3) is 0 Å². The molecule has 1 amide bonds. The molecule has 0 aromatic carbocycles. The van der Waals surface area contributed by atoms with Crippen molar-refractivity contribution in [1.82, 2.24) is 9.88 Å². The predicted octanol–water partition coefficient (Wildman–Crippen LogP) is -0.0784. The number of amides is 1. The van der Waals surface area contributed by atoms with Crippen molar-refractivity contribution in [3.05, 3.63) is 34.2 Å². The van der Waals surface area contributed by atoms with Crippen molar-refractivity contribution in [2.75, 3.05) is 13.1 Å². The molecule has 0 radical (unpaired) electrons. The van der Waals surface area contributed by atoms with Gasteiger partial charge in [-0.15, -0.1) is 0 Å². The van der Waals surface area contributed by atoms with Gasteiger partial charge in [-0.2, -0.15) is 0 Å². The number of nitrogens with zero attached hydrogens (tertiary/aromatic N) is 1. The summed E-state index contributed by atoms with van der Waals surface area (Å²) < 4.78 is 0. The Hall–Kier alpha value is -2.11. The van der Waals surface area contributed by atoms with Crippen molar-refractivity contribution < 1.29 is 14.7 Å². The summed E-state index contributed by atoms with van der Waals surface area (Å²) in [7, 11) is 0. The number of aromatic nitrogens is 1. The molecule has 6 nitrogen and oxygen atoms in total. The lowest BCUT2D eigenvalue weighted by molar-refractivity contribution is -0.137. The Labute approximate surface area is 91.5 Å². The smallest absolute Gasteiger partial charge is 0.323 e. The number of carboxylic acid groups (broad SMARTS) is 1. The molecule has 2 N–H and O–H groups in total. The van der Waals surface area contributed by atoms with Crippen molar-refractivity contribution >= 4 is 11.9 Å². The zero-order valence-corrected chi connectivity index (χ0v) is 8.77. The maximum atomic E-state index is 11.8. The second-order valence-electron chi connectivity index (χ2n) is 3.15. The van der Waals surface area contributed by atoms with Gasteiger partial charge >= 0.3 is 5.97 Å². The van der Waals surface area contributed by atoms with Gasteiger partial charge in [0.05, 0.1) is 0 Å². The van der Waals surface area contributed by atoms with E-state index in [4.69, 9.17) is 5.11 Å². The molecule has 1 aromatic heterocycles. The number of pyridine rings is 1. The summed E-state index contributed by atoms with van der Waals surface area (Å²) in [5, 5.41) is 8.60. The van der Waals surface area contributed by atoms with E-state index in [1.165, 1.54) is 12.3 Å². The summed E-state index contributed by atoms with van der Waals surface area (Å²) >= 11 is 0. The highest BCUT2D eigenvalue weighted by atomic mass is 16.4. The second-order valence-corrected chi connectivity index (χ2v) is 3.15. The number of carbonyl (C=O) groups is 2. The predicted molar refractivity (Wildman–Crippen MR) is 56.3 cm³/mol. The maximum Gasteiger partial charge on any atom is 0.323 e. The lowest BCUT2D eigenvalue weighted by atomic mass is 10.2. The Morgan fingerprint density at radius 2 is 2.19 bits per heavy atom. The Morgan fingerprint density at radius 1 is 1.50 bits per heavy atom. The van der Waals surface area contributed by atoms with E-state index in [2.05, 4.69) is 4.98 Å². The van der Waals surface area contributed by atoms with E-state index in [9.17, 15) is 14.4 Å². The molecule has 86 valence electrons. The lowest BCUT2D eigenvalue weighted by Crippen LogP contribution is -2.35. The molecule has 1 rings (SSSR count). The molecule has 16 heavy (non-hydrogen) atoms. The Kier molecular flexibility index (Phi) is 3.82. The zero-order valence-electron chi connectivity index (χ0n) is 8.77. The van der Waals surface area contributed by atoms with E-state index in [0.717, 1.165) is 11.0 Å². The molecule has 1 aromatic rings. The first kappa shape index (κ1) is 12.0. The highest BCUT2D eigenvalue weighted by molar-refractivity contribution is 5.95. The molecule has 0 saturated heterocycles. The fraction of sp³-hybridized carbons (Fsp3) is 0.300. The van der Waals surface area contributed by atoms with Gasteiger partial charge in [-0.25, -0.2) is 0 Å². The van der Waals surface area contributed by atoms with Crippen LogP contribution in [0.3, 0.4) is 0 Å². The lowest BCUT2D eigenvalue weighted by Gasteiger charge is -2.18. The largest absolute Gasteiger partial charge is 0.480 e. The fourth-order valence-corrected chi connectivity index (χ4v) is 1.25. The number of likely N-dealkylation sites (N-methyl/N-ethyl adjacent to an activating group) is 1. The number of rotatable bonds is 4. The Balaban J connectivity index is 2.91. The van der Waals surface area contributed by atoms with Gasteiger partial charge in [0.1, 0.15) is 6.54 Å². The molecule has 0 fully saturated rings. The number of aromatic amines is 1. The summed E-state index contributed by atoms with van der Waals surface area (Å²) in [6.07, 6.45) is 1.35. The van der Waals surface area contributed by atoms with E-state index in [0.29, 0.717) is 0 Å². The topological polar surface area (TPSA) is 90.5 Å². The van der Waals surface area contributed by atoms with Crippen molar-refractivity contribution in [3.8, 4) is 0 Å². The van der Waals surface area contributed by atoms with Crippen LogP contribution >= 0.6 is 0 Å². The number of hydrogen-bond acceptors (Lipinski definition) is 3. The first-order chi connectivity index (χ1) is 7.54. The van der Waals surface area contributed by atoms with Gasteiger partial charge in [0.15, 0.2) is 0 Å². The number of carboxylic acids is 1. The van der Waals surface area contributed by atoms with Gasteiger partial charge in [0, 0.05) is 24.4 Å². The van der Waals surface area contributed by atoms with Crippen LogP contribution in [0.5, 0.6) is 0 Å². The van der Waals surface area contributed by atoms with Gasteiger partial charge in [0.25, 0.3) is 5.91 Å². The van der Waals surface area contributed by atoms with Crippen LogP contribution in [-0.4, -0.2) is 40.0 Å². The van der Waals surface area contributed by atoms with Crippen LogP contribution in [0.15, 0.2) is 23.1 Å². The number of hydrogen-bond donors (Lipinski definition) is 2. The molecule has 0 aliphatic carbocycles. The summed E-state index contributed by atoms with van der Waals surface area (Å²) in [6.45, 7) is 1.58. The molecule has 0 aliphatic heterocycles. The molecular formula is C10H12N2O4. The summed E-state index contributed by atoms with van der Waals surface area (Å²) in [5.74, 6) is -1.55. The minimum atomic E-state index is -1.08. The molecular weight excluding hydrogens is 212 g/mol. The third-order valence-electron chi connectivity index (χ3n) is 2.02. The van der Waals surface area contributed by atoms with Crippen LogP contribution < -0.4 is 5.56 Å². The first-order valence-electron chi connectivity index (χ1n) is 4.74. The van der Waals surface area contributed by atoms with Crippen molar-refractivity contribution in [2.24, 2.45) is 0 Å². The van der Waals surface area contributed by atoms with Gasteiger partial charge in [0.2, 0.25) is 5.56 Å². The molecule has 0 saturated carbocycles.